The minimum atomic E-state index is -0.472. The number of carbonyl (C=O) groups excluding carboxylic acids is 1. The smallest absolute Gasteiger partial charge is 0.266 e. The van der Waals surface area contributed by atoms with E-state index < -0.39 is 5.91 Å². The summed E-state index contributed by atoms with van der Waals surface area (Å²) in [6, 6.07) is 12.5. The Labute approximate surface area is 140 Å². The summed E-state index contributed by atoms with van der Waals surface area (Å²) in [7, 11) is 1.57. The van der Waals surface area contributed by atoms with Crippen LogP contribution in [0.4, 0.5) is 5.69 Å². The molecular weight excluding hydrogens is 304 g/mol. The molecule has 1 fully saturated rings. The summed E-state index contributed by atoms with van der Waals surface area (Å²) < 4.78 is 10.8. The van der Waals surface area contributed by atoms with Crippen LogP contribution in [0.15, 0.2) is 46.4 Å². The number of nitrogens with zero attached hydrogens (tertiary/aromatic N) is 1. The number of furan rings is 1. The molecular formula is C19H18N2O3. The Morgan fingerprint density at radius 2 is 2.04 bits per heavy atom. The zero-order valence-corrected chi connectivity index (χ0v) is 13.6. The molecule has 1 heterocycles. The van der Waals surface area contributed by atoms with Crippen molar-refractivity contribution in [1.82, 2.24) is 0 Å². The number of nitrogens with one attached hydrogen (secondary N) is 1. The first-order chi connectivity index (χ1) is 11.6. The molecule has 0 saturated heterocycles. The number of rotatable bonds is 5. The van der Waals surface area contributed by atoms with Crippen molar-refractivity contribution in [2.75, 3.05) is 12.4 Å². The fourth-order valence-electron chi connectivity index (χ4n) is 2.53. The molecule has 0 spiro atoms. The summed E-state index contributed by atoms with van der Waals surface area (Å²) in [5.74, 6) is 2.77. The second kappa shape index (κ2) is 6.63. The maximum Gasteiger partial charge on any atom is 0.266 e. The van der Waals surface area contributed by atoms with Crippen LogP contribution in [-0.2, 0) is 4.79 Å². The Hall–Kier alpha value is -3.00. The molecule has 5 nitrogen and oxygen atoms in total. The molecule has 1 aromatic carbocycles. The highest BCUT2D eigenvalue weighted by Gasteiger charge is 2.36. The molecule has 1 N–H and O–H groups in total. The van der Waals surface area contributed by atoms with Crippen LogP contribution >= 0.6 is 0 Å². The van der Waals surface area contributed by atoms with Gasteiger partial charge in [0.25, 0.3) is 5.91 Å². The first-order valence-electron chi connectivity index (χ1n) is 7.77. The van der Waals surface area contributed by atoms with Crippen LogP contribution in [0.1, 0.15) is 30.8 Å². The Kier molecular flexibility index (Phi) is 4.39. The van der Waals surface area contributed by atoms with Crippen LogP contribution in [0, 0.1) is 17.2 Å². The van der Waals surface area contributed by atoms with Gasteiger partial charge in [0, 0.05) is 17.7 Å². The van der Waals surface area contributed by atoms with E-state index >= 15 is 0 Å². The number of anilines is 1. The maximum absolute atomic E-state index is 12.2. The van der Waals surface area contributed by atoms with Crippen LogP contribution < -0.4 is 10.1 Å². The summed E-state index contributed by atoms with van der Waals surface area (Å²) in [5.41, 5.74) is 0.587. The molecule has 2 aromatic rings. The number of benzene rings is 1. The highest BCUT2D eigenvalue weighted by molar-refractivity contribution is 6.09. The predicted molar refractivity (Wildman–Crippen MR) is 90.4 cm³/mol. The zero-order chi connectivity index (χ0) is 17.1. The van der Waals surface area contributed by atoms with E-state index in [1.807, 2.05) is 12.1 Å². The van der Waals surface area contributed by atoms with Gasteiger partial charge in [-0.25, -0.2) is 0 Å². The first-order valence-corrected chi connectivity index (χ1v) is 7.77. The number of ether oxygens (including phenoxy) is 1. The van der Waals surface area contributed by atoms with Gasteiger partial charge in [-0.3, -0.25) is 4.79 Å². The summed E-state index contributed by atoms with van der Waals surface area (Å²) in [4.78, 5) is 12.2. The van der Waals surface area contributed by atoms with Gasteiger partial charge in [-0.15, -0.1) is 0 Å². The van der Waals surface area contributed by atoms with Gasteiger partial charge in [-0.05, 0) is 48.7 Å². The summed E-state index contributed by atoms with van der Waals surface area (Å²) in [6.45, 7) is 2.17. The zero-order valence-electron chi connectivity index (χ0n) is 13.6. The number of methoxy groups -OCH3 is 1. The van der Waals surface area contributed by atoms with E-state index in [0.717, 1.165) is 12.2 Å². The SMILES string of the molecule is COc1ccc(NC(=O)/C(C#N)=C/c2ccc([C@H]3C[C@H]3C)o2)cc1. The largest absolute Gasteiger partial charge is 0.497 e. The minimum absolute atomic E-state index is 0.00411. The molecule has 3 rings (SSSR count). The highest BCUT2D eigenvalue weighted by atomic mass is 16.5. The number of carbonyl (C=O) groups is 1. The van der Waals surface area contributed by atoms with Crippen LogP contribution in [0.25, 0.3) is 6.08 Å². The molecule has 2 atom stereocenters. The second-order valence-electron chi connectivity index (χ2n) is 5.91. The number of nitriles is 1. The molecule has 0 bridgehead atoms. The lowest BCUT2D eigenvalue weighted by molar-refractivity contribution is -0.112. The van der Waals surface area contributed by atoms with Gasteiger partial charge in [0.15, 0.2) is 0 Å². The topological polar surface area (TPSA) is 75.3 Å². The summed E-state index contributed by atoms with van der Waals surface area (Å²) in [6.07, 6.45) is 2.59. The summed E-state index contributed by atoms with van der Waals surface area (Å²) >= 11 is 0. The minimum Gasteiger partial charge on any atom is -0.497 e. The van der Waals surface area contributed by atoms with E-state index in [0.29, 0.717) is 29.0 Å². The lowest BCUT2D eigenvalue weighted by Crippen LogP contribution is -2.13. The van der Waals surface area contributed by atoms with Crippen LogP contribution in [0.5, 0.6) is 5.75 Å². The van der Waals surface area contributed by atoms with Crippen LogP contribution in [-0.4, -0.2) is 13.0 Å². The second-order valence-corrected chi connectivity index (χ2v) is 5.91. The summed E-state index contributed by atoms with van der Waals surface area (Å²) in [5, 5.41) is 11.9. The fourth-order valence-corrected chi connectivity index (χ4v) is 2.53. The predicted octanol–water partition coefficient (Wildman–Crippen LogP) is 3.96. The van der Waals surface area contributed by atoms with Crippen molar-refractivity contribution in [3.05, 3.63) is 53.5 Å². The third-order valence-electron chi connectivity index (χ3n) is 4.12. The van der Waals surface area contributed by atoms with Gasteiger partial charge >= 0.3 is 0 Å². The standard InChI is InChI=1S/C19H18N2O3/c1-12-9-17(12)18-8-7-16(24-18)10-13(11-20)19(22)21-14-3-5-15(23-2)6-4-14/h3-8,10,12,17H,9H2,1-2H3,(H,21,22)/b13-10+/t12-,17+/m1/s1. The monoisotopic (exact) mass is 322 g/mol. The third-order valence-corrected chi connectivity index (χ3v) is 4.12. The quantitative estimate of drug-likeness (QED) is 0.668. The number of hydrogen-bond acceptors (Lipinski definition) is 4. The molecule has 0 unspecified atom stereocenters. The molecule has 1 aliphatic carbocycles. The van der Waals surface area contributed by atoms with Gasteiger partial charge in [-0.2, -0.15) is 5.26 Å². The normalized spacial score (nSPS) is 19.5. The number of hydrogen-bond donors (Lipinski definition) is 1. The Morgan fingerprint density at radius 3 is 2.62 bits per heavy atom. The van der Waals surface area contributed by atoms with Gasteiger partial charge in [0.2, 0.25) is 0 Å². The molecule has 122 valence electrons. The van der Waals surface area contributed by atoms with E-state index in [2.05, 4.69) is 12.2 Å². The lowest BCUT2D eigenvalue weighted by atomic mass is 10.2. The Bertz CT molecular complexity index is 812. The highest BCUT2D eigenvalue weighted by Crippen LogP contribution is 2.47. The Balaban J connectivity index is 1.71. The molecule has 0 aliphatic heterocycles. The molecule has 1 amide bonds. The van der Waals surface area contributed by atoms with Crippen LogP contribution in [0.2, 0.25) is 0 Å². The third kappa shape index (κ3) is 3.49. The molecule has 1 saturated carbocycles. The van der Waals surface area contributed by atoms with Crippen LogP contribution in [0.3, 0.4) is 0 Å². The van der Waals surface area contributed by atoms with Crippen molar-refractivity contribution in [3.63, 3.8) is 0 Å². The molecule has 24 heavy (non-hydrogen) atoms. The van der Waals surface area contributed by atoms with Gasteiger partial charge in [0.1, 0.15) is 28.9 Å². The molecule has 5 heteroatoms. The van der Waals surface area contributed by atoms with E-state index in [9.17, 15) is 10.1 Å². The van der Waals surface area contributed by atoms with E-state index in [-0.39, 0.29) is 5.57 Å². The molecule has 0 radical (unpaired) electrons. The van der Waals surface area contributed by atoms with Gasteiger partial charge < -0.3 is 14.5 Å². The molecule has 1 aromatic heterocycles. The van der Waals surface area contributed by atoms with Crippen molar-refractivity contribution in [2.45, 2.75) is 19.3 Å². The van der Waals surface area contributed by atoms with E-state index in [1.54, 1.807) is 37.4 Å². The first kappa shape index (κ1) is 15.9. The van der Waals surface area contributed by atoms with Gasteiger partial charge in [-0.1, -0.05) is 6.92 Å². The van der Waals surface area contributed by atoms with E-state index in [4.69, 9.17) is 9.15 Å². The van der Waals surface area contributed by atoms with Gasteiger partial charge in [0.05, 0.1) is 7.11 Å². The van der Waals surface area contributed by atoms with Crippen molar-refractivity contribution < 1.29 is 13.9 Å². The number of amides is 1. The fraction of sp³-hybridized carbons (Fsp3) is 0.263. The Morgan fingerprint density at radius 1 is 1.33 bits per heavy atom. The maximum atomic E-state index is 12.2. The average Bonchev–Trinajstić information content (AvgIpc) is 3.14. The van der Waals surface area contributed by atoms with Crippen molar-refractivity contribution in [1.29, 1.82) is 5.26 Å². The van der Waals surface area contributed by atoms with E-state index in [1.165, 1.54) is 6.08 Å². The molecule has 1 aliphatic rings. The van der Waals surface area contributed by atoms with Crippen molar-refractivity contribution in [3.8, 4) is 11.8 Å². The lowest BCUT2D eigenvalue weighted by Gasteiger charge is -2.05. The van der Waals surface area contributed by atoms with Crippen molar-refractivity contribution >= 4 is 17.7 Å². The van der Waals surface area contributed by atoms with Crippen molar-refractivity contribution in [2.24, 2.45) is 5.92 Å². The average molecular weight is 322 g/mol.